The molecule has 0 aliphatic carbocycles. The summed E-state index contributed by atoms with van der Waals surface area (Å²) in [4.78, 5) is 12.1. The Balaban J connectivity index is 2.29. The number of hydrogen-bond donors (Lipinski definition) is 1. The lowest BCUT2D eigenvalue weighted by Gasteiger charge is -2.15. The van der Waals surface area contributed by atoms with Crippen LogP contribution in [0, 0.1) is 5.92 Å². The van der Waals surface area contributed by atoms with Gasteiger partial charge < -0.3 is 5.32 Å². The van der Waals surface area contributed by atoms with Gasteiger partial charge >= 0.3 is 0 Å². The highest BCUT2D eigenvalue weighted by atomic mass is 16.1. The van der Waals surface area contributed by atoms with Gasteiger partial charge in [-0.05, 0) is 18.4 Å². The summed E-state index contributed by atoms with van der Waals surface area (Å²) in [7, 11) is 0. The standard InChI is InChI=1S/C17H27NO/c1-3-5-6-10-13-16(4-2)17(19)18-14-15-11-8-7-9-12-15/h7-9,11-12,16H,3-6,10,13-14H2,1-2H3,(H,18,19). The molecule has 2 heteroatoms. The molecule has 19 heavy (non-hydrogen) atoms. The van der Waals surface area contributed by atoms with Crippen molar-refractivity contribution in [1.29, 1.82) is 0 Å². The van der Waals surface area contributed by atoms with Crippen LogP contribution in [0.4, 0.5) is 0 Å². The number of nitrogens with one attached hydrogen (secondary N) is 1. The molecule has 2 nitrogen and oxygen atoms in total. The molecular weight excluding hydrogens is 234 g/mol. The highest BCUT2D eigenvalue weighted by molar-refractivity contribution is 5.78. The Morgan fingerprint density at radius 2 is 1.84 bits per heavy atom. The monoisotopic (exact) mass is 261 g/mol. The maximum absolute atomic E-state index is 12.1. The van der Waals surface area contributed by atoms with E-state index >= 15 is 0 Å². The molecule has 0 saturated carbocycles. The van der Waals surface area contributed by atoms with Crippen molar-refractivity contribution < 1.29 is 4.79 Å². The van der Waals surface area contributed by atoms with Crippen molar-refractivity contribution >= 4 is 5.91 Å². The summed E-state index contributed by atoms with van der Waals surface area (Å²) < 4.78 is 0. The summed E-state index contributed by atoms with van der Waals surface area (Å²) in [6.07, 6.45) is 6.91. The first-order valence-corrected chi connectivity index (χ1v) is 7.59. The number of amides is 1. The van der Waals surface area contributed by atoms with E-state index in [2.05, 4.69) is 19.2 Å². The molecule has 0 radical (unpaired) electrons. The summed E-state index contributed by atoms with van der Waals surface area (Å²) >= 11 is 0. The van der Waals surface area contributed by atoms with Crippen molar-refractivity contribution in [2.75, 3.05) is 0 Å². The fourth-order valence-electron chi connectivity index (χ4n) is 2.27. The molecule has 1 amide bonds. The minimum Gasteiger partial charge on any atom is -0.352 e. The first-order chi connectivity index (χ1) is 9.27. The summed E-state index contributed by atoms with van der Waals surface area (Å²) in [5, 5.41) is 3.05. The van der Waals surface area contributed by atoms with Crippen LogP contribution in [-0.2, 0) is 11.3 Å². The lowest BCUT2D eigenvalue weighted by molar-refractivity contribution is -0.125. The Kier molecular flexibility index (Phi) is 7.95. The molecule has 0 spiro atoms. The number of carbonyl (C=O) groups excluding carboxylic acids is 1. The largest absolute Gasteiger partial charge is 0.352 e. The molecule has 1 aromatic carbocycles. The van der Waals surface area contributed by atoms with E-state index in [0.29, 0.717) is 6.54 Å². The number of rotatable bonds is 9. The summed E-state index contributed by atoms with van der Waals surface area (Å²) in [5.41, 5.74) is 1.16. The van der Waals surface area contributed by atoms with E-state index in [9.17, 15) is 4.79 Å². The normalized spacial score (nSPS) is 12.1. The van der Waals surface area contributed by atoms with Crippen molar-refractivity contribution in [3.63, 3.8) is 0 Å². The van der Waals surface area contributed by atoms with Gasteiger partial charge in [0.25, 0.3) is 0 Å². The quantitative estimate of drug-likeness (QED) is 0.660. The second-order valence-electron chi connectivity index (χ2n) is 5.16. The Morgan fingerprint density at radius 1 is 1.11 bits per heavy atom. The molecule has 0 aromatic heterocycles. The lowest BCUT2D eigenvalue weighted by atomic mass is 9.97. The average Bonchev–Trinajstić information content (AvgIpc) is 2.46. The van der Waals surface area contributed by atoms with E-state index in [0.717, 1.165) is 18.4 Å². The maximum Gasteiger partial charge on any atom is 0.223 e. The third kappa shape index (κ3) is 6.42. The number of hydrogen-bond acceptors (Lipinski definition) is 1. The molecule has 106 valence electrons. The van der Waals surface area contributed by atoms with Crippen LogP contribution in [-0.4, -0.2) is 5.91 Å². The zero-order valence-corrected chi connectivity index (χ0v) is 12.3. The predicted molar refractivity (Wildman–Crippen MR) is 80.8 cm³/mol. The van der Waals surface area contributed by atoms with Gasteiger partial charge in [0.1, 0.15) is 0 Å². The molecule has 1 rings (SSSR count). The molecule has 0 heterocycles. The predicted octanol–water partition coefficient (Wildman–Crippen LogP) is 4.30. The van der Waals surface area contributed by atoms with Crippen molar-refractivity contribution in [2.45, 2.75) is 58.9 Å². The zero-order valence-electron chi connectivity index (χ0n) is 12.3. The summed E-state index contributed by atoms with van der Waals surface area (Å²) in [6, 6.07) is 10.1. The van der Waals surface area contributed by atoms with Gasteiger partial charge in [-0.15, -0.1) is 0 Å². The summed E-state index contributed by atoms with van der Waals surface area (Å²) in [5.74, 6) is 0.392. The highest BCUT2D eigenvalue weighted by Gasteiger charge is 2.15. The smallest absolute Gasteiger partial charge is 0.223 e. The van der Waals surface area contributed by atoms with Crippen LogP contribution in [0.2, 0.25) is 0 Å². The van der Waals surface area contributed by atoms with E-state index in [1.54, 1.807) is 0 Å². The maximum atomic E-state index is 12.1. The number of benzene rings is 1. The van der Waals surface area contributed by atoms with Crippen molar-refractivity contribution in [2.24, 2.45) is 5.92 Å². The third-order valence-electron chi connectivity index (χ3n) is 3.58. The van der Waals surface area contributed by atoms with Crippen LogP contribution in [0.15, 0.2) is 30.3 Å². The van der Waals surface area contributed by atoms with Crippen molar-refractivity contribution in [1.82, 2.24) is 5.32 Å². The van der Waals surface area contributed by atoms with Gasteiger partial charge in [0, 0.05) is 12.5 Å². The SMILES string of the molecule is CCCCCCC(CC)C(=O)NCc1ccccc1. The number of carbonyl (C=O) groups is 1. The minimum atomic E-state index is 0.181. The van der Waals surface area contributed by atoms with Gasteiger partial charge in [0.2, 0.25) is 5.91 Å². The fourth-order valence-corrected chi connectivity index (χ4v) is 2.27. The fraction of sp³-hybridized carbons (Fsp3) is 0.588. The van der Waals surface area contributed by atoms with E-state index in [1.165, 1.54) is 25.7 Å². The van der Waals surface area contributed by atoms with Gasteiger partial charge in [-0.1, -0.05) is 69.9 Å². The molecular formula is C17H27NO. The first-order valence-electron chi connectivity index (χ1n) is 7.59. The molecule has 0 aliphatic rings. The van der Waals surface area contributed by atoms with E-state index < -0.39 is 0 Å². The Hall–Kier alpha value is -1.31. The molecule has 0 aliphatic heterocycles. The second kappa shape index (κ2) is 9.60. The molecule has 1 aromatic rings. The highest BCUT2D eigenvalue weighted by Crippen LogP contribution is 2.14. The lowest BCUT2D eigenvalue weighted by Crippen LogP contribution is -2.30. The van der Waals surface area contributed by atoms with E-state index in [-0.39, 0.29) is 11.8 Å². The van der Waals surface area contributed by atoms with Crippen LogP contribution in [0.5, 0.6) is 0 Å². The van der Waals surface area contributed by atoms with Crippen molar-refractivity contribution in [3.05, 3.63) is 35.9 Å². The molecule has 1 N–H and O–H groups in total. The second-order valence-corrected chi connectivity index (χ2v) is 5.16. The third-order valence-corrected chi connectivity index (χ3v) is 3.58. The van der Waals surface area contributed by atoms with E-state index in [1.807, 2.05) is 30.3 Å². The Bertz CT molecular complexity index is 348. The molecule has 0 bridgehead atoms. The van der Waals surface area contributed by atoms with Crippen LogP contribution >= 0.6 is 0 Å². The Labute approximate surface area is 117 Å². The van der Waals surface area contributed by atoms with Gasteiger partial charge in [0.05, 0.1) is 0 Å². The van der Waals surface area contributed by atoms with Gasteiger partial charge in [0.15, 0.2) is 0 Å². The minimum absolute atomic E-state index is 0.181. The van der Waals surface area contributed by atoms with Crippen LogP contribution in [0.25, 0.3) is 0 Å². The average molecular weight is 261 g/mol. The molecule has 1 unspecified atom stereocenters. The van der Waals surface area contributed by atoms with E-state index in [4.69, 9.17) is 0 Å². The first kappa shape index (κ1) is 15.7. The molecule has 0 fully saturated rings. The molecule has 0 saturated heterocycles. The van der Waals surface area contributed by atoms with Gasteiger partial charge in [-0.3, -0.25) is 4.79 Å². The van der Waals surface area contributed by atoms with Gasteiger partial charge in [-0.2, -0.15) is 0 Å². The van der Waals surface area contributed by atoms with Crippen molar-refractivity contribution in [3.8, 4) is 0 Å². The number of unbranched alkanes of at least 4 members (excludes halogenated alkanes) is 3. The summed E-state index contributed by atoms with van der Waals surface area (Å²) in [6.45, 7) is 4.96. The molecule has 1 atom stereocenters. The van der Waals surface area contributed by atoms with Crippen LogP contribution in [0.3, 0.4) is 0 Å². The topological polar surface area (TPSA) is 29.1 Å². The Morgan fingerprint density at radius 3 is 2.47 bits per heavy atom. The van der Waals surface area contributed by atoms with Gasteiger partial charge in [-0.25, -0.2) is 0 Å². The van der Waals surface area contributed by atoms with Crippen LogP contribution < -0.4 is 5.32 Å². The zero-order chi connectivity index (χ0) is 13.9. The van der Waals surface area contributed by atoms with Crippen LogP contribution in [0.1, 0.15) is 57.9 Å².